The summed E-state index contributed by atoms with van der Waals surface area (Å²) in [5.74, 6) is 0.0778. The molecule has 5 rings (SSSR count). The van der Waals surface area contributed by atoms with Gasteiger partial charge in [0, 0.05) is 28.0 Å². The minimum absolute atomic E-state index is 0.122. The highest BCUT2D eigenvalue weighted by atomic mass is 17.3. The van der Waals surface area contributed by atoms with Crippen molar-refractivity contribution < 1.29 is 28.8 Å². The van der Waals surface area contributed by atoms with Crippen LogP contribution in [0.4, 0.5) is 0 Å². The minimum Gasteiger partial charge on any atom is -0.508 e. The Kier molecular flexibility index (Phi) is 4.07. The molecule has 0 aliphatic carbocycles. The largest absolute Gasteiger partial charge is 0.508 e. The van der Waals surface area contributed by atoms with Crippen LogP contribution in [0.25, 0.3) is 22.6 Å². The van der Waals surface area contributed by atoms with Crippen LogP contribution < -0.4 is 4.74 Å². The Hall–Kier alpha value is -2.61. The van der Waals surface area contributed by atoms with Crippen LogP contribution in [0, 0.1) is 10.8 Å². The van der Waals surface area contributed by atoms with Crippen LogP contribution in [-0.4, -0.2) is 29.4 Å². The first-order valence-corrected chi connectivity index (χ1v) is 10.3. The number of hydrogen-bond acceptors (Lipinski definition) is 7. The highest BCUT2D eigenvalue weighted by molar-refractivity contribution is 5.78. The minimum atomic E-state index is -1.08. The Morgan fingerprint density at radius 2 is 1.84 bits per heavy atom. The normalized spacial score (nSPS) is 27.2. The van der Waals surface area contributed by atoms with E-state index in [1.54, 1.807) is 25.3 Å². The molecule has 31 heavy (non-hydrogen) atoms. The van der Waals surface area contributed by atoms with Crippen molar-refractivity contribution in [1.82, 2.24) is 4.98 Å². The van der Waals surface area contributed by atoms with Crippen LogP contribution in [0.5, 0.6) is 11.5 Å². The number of hydrogen-bond donors (Lipinski definition) is 1. The quantitative estimate of drug-likeness (QED) is 0.580. The zero-order valence-corrected chi connectivity index (χ0v) is 18.6. The highest BCUT2D eigenvalue weighted by Gasteiger charge is 2.81. The number of nitrogens with zero attached hydrogens (tertiary/aromatic N) is 1. The molecule has 3 aromatic rings. The summed E-state index contributed by atoms with van der Waals surface area (Å²) in [7, 11) is 1.61. The molecule has 0 saturated carbocycles. The fourth-order valence-electron chi connectivity index (χ4n) is 5.30. The third-order valence-electron chi connectivity index (χ3n) is 6.53. The van der Waals surface area contributed by atoms with Gasteiger partial charge in [0.15, 0.2) is 11.2 Å². The lowest BCUT2D eigenvalue weighted by Gasteiger charge is -2.61. The van der Waals surface area contributed by atoms with Gasteiger partial charge in [0.2, 0.25) is 5.89 Å². The summed E-state index contributed by atoms with van der Waals surface area (Å²) in [6.45, 7) is 11.2. The smallest absolute Gasteiger partial charge is 0.261 e. The zero-order chi connectivity index (χ0) is 22.2. The maximum Gasteiger partial charge on any atom is 0.261 e. The SMILES string of the molecule is COc1cc(-c2nc3ccc(O)cc3o2)cc(C23OCC(C)(C)C2(C(C)(C)C)OO3)c1. The van der Waals surface area contributed by atoms with Crippen molar-refractivity contribution in [3.8, 4) is 23.0 Å². The number of methoxy groups -OCH3 is 1. The van der Waals surface area contributed by atoms with E-state index < -0.39 is 11.4 Å². The second-order valence-electron chi connectivity index (χ2n) is 10.0. The molecule has 2 atom stereocenters. The fourth-order valence-corrected chi connectivity index (χ4v) is 5.30. The van der Waals surface area contributed by atoms with E-state index in [1.807, 2.05) is 18.2 Å². The van der Waals surface area contributed by atoms with Gasteiger partial charge in [-0.1, -0.05) is 34.6 Å². The van der Waals surface area contributed by atoms with Gasteiger partial charge in [0.05, 0.1) is 13.7 Å². The Labute approximate surface area is 180 Å². The fraction of sp³-hybridized carbons (Fsp3) is 0.458. The summed E-state index contributed by atoms with van der Waals surface area (Å²) in [4.78, 5) is 16.3. The Balaban J connectivity index is 1.69. The Bertz CT molecular complexity index is 1180. The summed E-state index contributed by atoms with van der Waals surface area (Å²) >= 11 is 0. The number of phenolic OH excluding ortho intramolecular Hbond substituents is 1. The van der Waals surface area contributed by atoms with Crippen molar-refractivity contribution >= 4 is 11.1 Å². The molecule has 1 aromatic heterocycles. The lowest BCUT2D eigenvalue weighted by atomic mass is 9.57. The van der Waals surface area contributed by atoms with Crippen molar-refractivity contribution in [1.29, 1.82) is 0 Å². The first-order valence-electron chi connectivity index (χ1n) is 10.3. The molecule has 3 heterocycles. The van der Waals surface area contributed by atoms with E-state index in [1.165, 1.54) is 0 Å². The monoisotopic (exact) mass is 425 g/mol. The number of phenols is 1. The topological polar surface area (TPSA) is 83.2 Å². The van der Waals surface area contributed by atoms with Crippen LogP contribution in [0.15, 0.2) is 40.8 Å². The van der Waals surface area contributed by atoms with Gasteiger partial charge in [0.1, 0.15) is 17.0 Å². The number of ether oxygens (including phenoxy) is 2. The number of fused-ring (bicyclic) bond motifs is 2. The first-order chi connectivity index (χ1) is 14.5. The van der Waals surface area contributed by atoms with Gasteiger partial charge in [-0.3, -0.25) is 0 Å². The van der Waals surface area contributed by atoms with Crippen molar-refractivity contribution in [3.63, 3.8) is 0 Å². The van der Waals surface area contributed by atoms with Crippen LogP contribution in [-0.2, 0) is 20.3 Å². The molecular formula is C24H27NO6. The number of rotatable bonds is 3. The number of oxazole rings is 1. The molecule has 164 valence electrons. The lowest BCUT2D eigenvalue weighted by molar-refractivity contribution is -0.626. The molecule has 2 aliphatic rings. The van der Waals surface area contributed by atoms with E-state index in [0.717, 1.165) is 5.56 Å². The number of aromatic nitrogens is 1. The van der Waals surface area contributed by atoms with Gasteiger partial charge in [-0.25, -0.2) is 9.87 Å². The van der Waals surface area contributed by atoms with E-state index in [9.17, 15) is 5.11 Å². The van der Waals surface area contributed by atoms with E-state index in [2.05, 4.69) is 39.6 Å². The summed E-state index contributed by atoms with van der Waals surface area (Å²) < 4.78 is 17.9. The second-order valence-corrected chi connectivity index (χ2v) is 10.0. The molecule has 0 bridgehead atoms. The van der Waals surface area contributed by atoms with Gasteiger partial charge in [-0.05, 0) is 30.3 Å². The van der Waals surface area contributed by atoms with Crippen LogP contribution in [0.3, 0.4) is 0 Å². The summed E-state index contributed by atoms with van der Waals surface area (Å²) in [5.41, 5.74) is 1.38. The summed E-state index contributed by atoms with van der Waals surface area (Å²) in [5, 5.41) is 9.75. The molecule has 2 aromatic carbocycles. The van der Waals surface area contributed by atoms with E-state index in [0.29, 0.717) is 34.9 Å². The molecule has 0 amide bonds. The van der Waals surface area contributed by atoms with Gasteiger partial charge >= 0.3 is 0 Å². The molecule has 2 fully saturated rings. The molecule has 2 saturated heterocycles. The third kappa shape index (κ3) is 2.54. The molecule has 2 unspecified atom stereocenters. The highest BCUT2D eigenvalue weighted by Crippen LogP contribution is 2.69. The Morgan fingerprint density at radius 1 is 1.06 bits per heavy atom. The first kappa shape index (κ1) is 20.3. The molecule has 2 aliphatic heterocycles. The summed E-state index contributed by atoms with van der Waals surface area (Å²) in [6, 6.07) is 10.5. The van der Waals surface area contributed by atoms with Gasteiger partial charge in [-0.2, -0.15) is 4.89 Å². The van der Waals surface area contributed by atoms with Crippen molar-refractivity contribution in [2.45, 2.75) is 46.0 Å². The predicted molar refractivity (Wildman–Crippen MR) is 113 cm³/mol. The zero-order valence-electron chi connectivity index (χ0n) is 18.6. The molecule has 0 radical (unpaired) electrons. The van der Waals surface area contributed by atoms with Crippen LogP contribution in [0.1, 0.15) is 40.2 Å². The predicted octanol–water partition coefficient (Wildman–Crippen LogP) is 5.16. The second kappa shape index (κ2) is 6.22. The standard InChI is InChI=1S/C24H27NO6/c1-21(2,3)24-22(4,5)13-28-23(24,30-31-24)15-9-14(10-17(11-15)27-6)20-25-18-8-7-16(26)12-19(18)29-20/h7-12,26H,13H2,1-6H3. The van der Waals surface area contributed by atoms with E-state index in [-0.39, 0.29) is 16.6 Å². The lowest BCUT2D eigenvalue weighted by Crippen LogP contribution is -2.73. The molecule has 1 N–H and O–H groups in total. The average molecular weight is 425 g/mol. The van der Waals surface area contributed by atoms with Gasteiger partial charge in [-0.15, -0.1) is 0 Å². The van der Waals surface area contributed by atoms with Crippen molar-refractivity contribution in [2.75, 3.05) is 13.7 Å². The molecule has 7 nitrogen and oxygen atoms in total. The molecule has 0 spiro atoms. The average Bonchev–Trinajstić information content (AvgIpc) is 3.15. The molecular weight excluding hydrogens is 398 g/mol. The van der Waals surface area contributed by atoms with E-state index in [4.69, 9.17) is 23.7 Å². The van der Waals surface area contributed by atoms with Gasteiger partial charge < -0.3 is 19.0 Å². The maximum absolute atomic E-state index is 9.75. The number of aromatic hydroxyl groups is 1. The molecule has 7 heteroatoms. The van der Waals surface area contributed by atoms with Gasteiger partial charge in [0.25, 0.3) is 5.79 Å². The van der Waals surface area contributed by atoms with Crippen LogP contribution >= 0.6 is 0 Å². The van der Waals surface area contributed by atoms with Crippen LogP contribution in [0.2, 0.25) is 0 Å². The number of benzene rings is 2. The Morgan fingerprint density at radius 3 is 2.48 bits per heavy atom. The van der Waals surface area contributed by atoms with Crippen molar-refractivity contribution in [3.05, 3.63) is 42.0 Å². The summed E-state index contributed by atoms with van der Waals surface area (Å²) in [6.07, 6.45) is 0. The maximum atomic E-state index is 9.75. The third-order valence-corrected chi connectivity index (χ3v) is 6.53. The van der Waals surface area contributed by atoms with E-state index >= 15 is 0 Å². The van der Waals surface area contributed by atoms with Crippen molar-refractivity contribution in [2.24, 2.45) is 10.8 Å².